The summed E-state index contributed by atoms with van der Waals surface area (Å²) in [5, 5.41) is 55.2. The topological polar surface area (TPSA) is 140 Å². The smallest absolute Gasteiger partial charge is 0.111 e. The van der Waals surface area contributed by atoms with E-state index < -0.39 is 56.4 Å². The van der Waals surface area contributed by atoms with Crippen LogP contribution in [0.1, 0.15) is 0 Å². The lowest BCUT2D eigenvalue weighted by Gasteiger charge is -2.40. The van der Waals surface area contributed by atoms with Gasteiger partial charge >= 0.3 is 0 Å². The summed E-state index contributed by atoms with van der Waals surface area (Å²) in [7, 11) is 0. The largest absolute Gasteiger partial charge is 0.394 e. The minimum atomic E-state index is -1.45. The van der Waals surface area contributed by atoms with Gasteiger partial charge in [-0.05, 0) is 0 Å². The molecule has 0 aromatic rings. The predicted octanol–water partition coefficient (Wildman–Crippen LogP) is -3.80. The van der Waals surface area contributed by atoms with Crippen molar-refractivity contribution in [1.82, 2.24) is 0 Å². The second kappa shape index (κ2) is 7.31. The maximum Gasteiger partial charge on any atom is 0.111 e. The zero-order valence-electron chi connectivity index (χ0n) is 9.79. The molecule has 1 heterocycles. The van der Waals surface area contributed by atoms with E-state index in [-0.39, 0.29) is 6.61 Å². The molecule has 0 amide bonds. The summed E-state index contributed by atoms with van der Waals surface area (Å²) in [5.74, 6) is 0. The molecule has 0 aromatic heterocycles. The fourth-order valence-electron chi connectivity index (χ4n) is 1.71. The lowest BCUT2D eigenvalue weighted by atomic mass is 9.95. The first-order valence-electron chi connectivity index (χ1n) is 5.69. The maximum absolute atomic E-state index is 9.66. The third kappa shape index (κ3) is 3.59. The number of rotatable bonds is 6. The highest BCUT2D eigenvalue weighted by Gasteiger charge is 2.43. The summed E-state index contributed by atoms with van der Waals surface area (Å²) in [6, 6.07) is 0. The van der Waals surface area contributed by atoms with Gasteiger partial charge in [0.1, 0.15) is 36.6 Å². The van der Waals surface area contributed by atoms with Crippen molar-refractivity contribution in [3.8, 4) is 0 Å². The van der Waals surface area contributed by atoms with Crippen LogP contribution in [0.5, 0.6) is 0 Å². The second-order valence-corrected chi connectivity index (χ2v) is 4.19. The molecule has 6 N–H and O–H groups in total. The summed E-state index contributed by atoms with van der Waals surface area (Å²) in [6.07, 6.45) is -6.99. The quantitative estimate of drug-likeness (QED) is 0.288. The van der Waals surface area contributed by atoms with Gasteiger partial charge in [0.25, 0.3) is 0 Å². The van der Waals surface area contributed by atoms with Crippen molar-refractivity contribution in [2.75, 3.05) is 26.4 Å². The Hall–Kier alpha value is -0.320. The number of hydrogen-bond donors (Lipinski definition) is 6. The number of aliphatic hydroxyl groups is 6. The number of aliphatic hydroxyl groups excluding tert-OH is 6. The SMILES string of the molecule is OCC(CO)OC[C@H]1OC(CO)[C@@H](O)C(O)C1O. The molecule has 18 heavy (non-hydrogen) atoms. The average molecular weight is 268 g/mol. The van der Waals surface area contributed by atoms with Gasteiger partial charge in [-0.15, -0.1) is 0 Å². The van der Waals surface area contributed by atoms with Crippen LogP contribution in [0.3, 0.4) is 0 Å². The number of hydrogen-bond acceptors (Lipinski definition) is 8. The van der Waals surface area contributed by atoms with Crippen LogP contribution in [-0.2, 0) is 9.47 Å². The molecule has 1 aliphatic rings. The fourth-order valence-corrected chi connectivity index (χ4v) is 1.71. The molecule has 3 unspecified atom stereocenters. The monoisotopic (exact) mass is 268 g/mol. The van der Waals surface area contributed by atoms with E-state index in [1.807, 2.05) is 0 Å². The molecule has 1 fully saturated rings. The summed E-state index contributed by atoms with van der Waals surface area (Å²) in [6.45, 7) is -1.49. The molecule has 8 heteroatoms. The molecule has 1 aliphatic heterocycles. The second-order valence-electron chi connectivity index (χ2n) is 4.19. The van der Waals surface area contributed by atoms with Gasteiger partial charge in [0.2, 0.25) is 0 Å². The van der Waals surface area contributed by atoms with Crippen LogP contribution in [0, 0.1) is 0 Å². The van der Waals surface area contributed by atoms with Gasteiger partial charge in [0, 0.05) is 0 Å². The molecular weight excluding hydrogens is 248 g/mol. The van der Waals surface area contributed by atoms with E-state index in [9.17, 15) is 15.3 Å². The Morgan fingerprint density at radius 2 is 1.44 bits per heavy atom. The predicted molar refractivity (Wildman–Crippen MR) is 57.7 cm³/mol. The molecule has 0 aliphatic carbocycles. The Bertz CT molecular complexity index is 232. The average Bonchev–Trinajstić information content (AvgIpc) is 2.39. The van der Waals surface area contributed by atoms with Gasteiger partial charge in [0.05, 0.1) is 26.4 Å². The summed E-state index contributed by atoms with van der Waals surface area (Å²) in [5.41, 5.74) is 0. The normalized spacial score (nSPS) is 37.2. The number of ether oxygens (including phenoxy) is 2. The molecule has 8 nitrogen and oxygen atoms in total. The summed E-state index contributed by atoms with van der Waals surface area (Å²) >= 11 is 0. The van der Waals surface area contributed by atoms with Gasteiger partial charge in [-0.2, -0.15) is 0 Å². The van der Waals surface area contributed by atoms with Crippen molar-refractivity contribution in [3.05, 3.63) is 0 Å². The minimum absolute atomic E-state index is 0.187. The van der Waals surface area contributed by atoms with E-state index in [1.165, 1.54) is 0 Å². The highest BCUT2D eigenvalue weighted by Crippen LogP contribution is 2.21. The van der Waals surface area contributed by atoms with Crippen LogP contribution in [0.15, 0.2) is 0 Å². The van der Waals surface area contributed by atoms with Gasteiger partial charge in [0.15, 0.2) is 0 Å². The Morgan fingerprint density at radius 3 is 1.94 bits per heavy atom. The van der Waals surface area contributed by atoms with E-state index in [2.05, 4.69) is 0 Å². The zero-order chi connectivity index (χ0) is 13.7. The van der Waals surface area contributed by atoms with Crippen molar-refractivity contribution in [2.45, 2.75) is 36.6 Å². The van der Waals surface area contributed by atoms with Crippen molar-refractivity contribution in [2.24, 2.45) is 0 Å². The van der Waals surface area contributed by atoms with Crippen LogP contribution < -0.4 is 0 Å². The first-order valence-corrected chi connectivity index (χ1v) is 5.69. The first-order chi connectivity index (χ1) is 8.54. The molecule has 0 radical (unpaired) electrons. The Morgan fingerprint density at radius 1 is 0.889 bits per heavy atom. The van der Waals surface area contributed by atoms with E-state index >= 15 is 0 Å². The summed E-state index contributed by atoms with van der Waals surface area (Å²) < 4.78 is 10.2. The molecule has 1 rings (SSSR count). The lowest BCUT2D eigenvalue weighted by molar-refractivity contribution is -0.243. The van der Waals surface area contributed by atoms with Gasteiger partial charge in [-0.1, -0.05) is 0 Å². The molecule has 0 saturated carbocycles. The lowest BCUT2D eigenvalue weighted by Crippen LogP contribution is -2.59. The molecule has 108 valence electrons. The van der Waals surface area contributed by atoms with Gasteiger partial charge in [-0.3, -0.25) is 0 Å². The van der Waals surface area contributed by atoms with E-state index in [4.69, 9.17) is 24.8 Å². The van der Waals surface area contributed by atoms with Gasteiger partial charge in [-0.25, -0.2) is 0 Å². The Kier molecular flexibility index (Phi) is 6.39. The maximum atomic E-state index is 9.66. The standard InChI is InChI=1S/C10H20O8/c11-1-5(2-12)17-4-7-9(15)10(16)8(14)6(3-13)18-7/h5-16H,1-4H2/t6?,7-,8-,9?,10?/m1/s1. The van der Waals surface area contributed by atoms with Crippen molar-refractivity contribution < 1.29 is 40.1 Å². The van der Waals surface area contributed by atoms with E-state index in [0.29, 0.717) is 0 Å². The van der Waals surface area contributed by atoms with E-state index in [1.54, 1.807) is 0 Å². The molecule has 0 bridgehead atoms. The molecule has 0 spiro atoms. The Balaban J connectivity index is 2.53. The van der Waals surface area contributed by atoms with Crippen LogP contribution in [0.2, 0.25) is 0 Å². The van der Waals surface area contributed by atoms with Crippen LogP contribution >= 0.6 is 0 Å². The van der Waals surface area contributed by atoms with Crippen molar-refractivity contribution in [1.29, 1.82) is 0 Å². The molecule has 0 aromatic carbocycles. The third-order valence-corrected chi connectivity index (χ3v) is 2.89. The highest BCUT2D eigenvalue weighted by atomic mass is 16.6. The zero-order valence-corrected chi connectivity index (χ0v) is 9.79. The van der Waals surface area contributed by atoms with Crippen LogP contribution in [0.25, 0.3) is 0 Å². The molecule has 1 saturated heterocycles. The van der Waals surface area contributed by atoms with Crippen LogP contribution in [-0.4, -0.2) is 93.7 Å². The highest BCUT2D eigenvalue weighted by molar-refractivity contribution is 4.91. The summed E-state index contributed by atoms with van der Waals surface area (Å²) in [4.78, 5) is 0. The van der Waals surface area contributed by atoms with E-state index in [0.717, 1.165) is 0 Å². The fraction of sp³-hybridized carbons (Fsp3) is 1.00. The van der Waals surface area contributed by atoms with Gasteiger partial charge < -0.3 is 40.1 Å². The Labute approximate surface area is 104 Å². The van der Waals surface area contributed by atoms with Crippen molar-refractivity contribution in [3.63, 3.8) is 0 Å². The molecular formula is C10H20O8. The van der Waals surface area contributed by atoms with Crippen molar-refractivity contribution >= 4 is 0 Å². The molecule has 5 atom stereocenters. The third-order valence-electron chi connectivity index (χ3n) is 2.89. The minimum Gasteiger partial charge on any atom is -0.394 e. The van der Waals surface area contributed by atoms with Crippen LogP contribution in [0.4, 0.5) is 0 Å². The first kappa shape index (κ1) is 15.7.